The fourth-order valence-electron chi connectivity index (χ4n) is 1.76. The monoisotopic (exact) mass is 327 g/mol. The average Bonchev–Trinajstić information content (AvgIpc) is 2.80. The minimum absolute atomic E-state index is 0.0294. The molecule has 0 saturated heterocycles. The van der Waals surface area contributed by atoms with E-state index < -0.39 is 5.97 Å². The number of ether oxygens (including phenoxy) is 2. The van der Waals surface area contributed by atoms with E-state index in [2.05, 4.69) is 4.99 Å². The maximum absolute atomic E-state index is 11.9. The number of aliphatic imine (C=N–C) groups is 1. The molecular weight excluding hydrogens is 314 g/mol. The number of rotatable bonds is 4. The molecule has 7 heteroatoms. The smallest absolute Gasteiger partial charge is 0.344 e. The Kier molecular flexibility index (Phi) is 5.14. The van der Waals surface area contributed by atoms with E-state index in [1.54, 1.807) is 25.1 Å². The third-order valence-corrected chi connectivity index (χ3v) is 3.91. The summed E-state index contributed by atoms with van der Waals surface area (Å²) in [7, 11) is 1.52. The molecular formula is C14H14ClNO4S. The summed E-state index contributed by atoms with van der Waals surface area (Å²) in [5.41, 5.74) is 0.591. The molecule has 21 heavy (non-hydrogen) atoms. The van der Waals surface area contributed by atoms with Crippen molar-refractivity contribution in [1.29, 1.82) is 0 Å². The third kappa shape index (κ3) is 3.51. The van der Waals surface area contributed by atoms with Gasteiger partial charge < -0.3 is 14.6 Å². The molecule has 0 aliphatic carbocycles. The molecule has 1 aromatic rings. The minimum Gasteiger partial charge on any atom is -0.510 e. The molecule has 5 nitrogen and oxygen atoms in total. The van der Waals surface area contributed by atoms with E-state index >= 15 is 0 Å². The third-order valence-electron chi connectivity index (χ3n) is 2.69. The van der Waals surface area contributed by atoms with Crippen LogP contribution in [0.15, 0.2) is 34.5 Å². The molecule has 1 heterocycles. The van der Waals surface area contributed by atoms with E-state index in [1.807, 2.05) is 0 Å². The van der Waals surface area contributed by atoms with Crippen LogP contribution in [0.1, 0.15) is 6.92 Å². The van der Waals surface area contributed by atoms with Crippen LogP contribution in [0.2, 0.25) is 5.02 Å². The number of aliphatic hydroxyl groups is 1. The molecule has 112 valence electrons. The van der Waals surface area contributed by atoms with Crippen LogP contribution in [0.25, 0.3) is 0 Å². The number of nitrogens with zero attached hydrogens (tertiary/aromatic N) is 1. The van der Waals surface area contributed by atoms with E-state index in [1.165, 1.54) is 18.9 Å². The van der Waals surface area contributed by atoms with Crippen LogP contribution in [0, 0.1) is 0 Å². The Hall–Kier alpha value is -1.66. The van der Waals surface area contributed by atoms with Crippen molar-refractivity contribution in [2.75, 3.05) is 19.5 Å². The first-order valence-corrected chi connectivity index (χ1v) is 7.57. The first-order chi connectivity index (χ1) is 10.1. The fraction of sp³-hybridized carbons (Fsp3) is 0.286. The lowest BCUT2D eigenvalue weighted by molar-refractivity contribution is -0.138. The maximum atomic E-state index is 11.9. The fourth-order valence-corrected chi connectivity index (χ4v) is 2.85. The van der Waals surface area contributed by atoms with Crippen molar-refractivity contribution >= 4 is 40.1 Å². The van der Waals surface area contributed by atoms with Crippen LogP contribution in [0.5, 0.6) is 5.75 Å². The van der Waals surface area contributed by atoms with Crippen LogP contribution in [-0.4, -0.2) is 35.6 Å². The van der Waals surface area contributed by atoms with Crippen LogP contribution < -0.4 is 4.74 Å². The molecule has 0 spiro atoms. The number of hydrogen-bond acceptors (Lipinski definition) is 6. The molecule has 0 fully saturated rings. The zero-order valence-corrected chi connectivity index (χ0v) is 13.1. The highest BCUT2D eigenvalue weighted by atomic mass is 35.5. The summed E-state index contributed by atoms with van der Waals surface area (Å²) < 4.78 is 10.1. The SMILES string of the molecule is CCOC(=O)C1=C(O)CSC1=Nc1cc(Cl)ccc1OC. The van der Waals surface area contributed by atoms with Crippen molar-refractivity contribution < 1.29 is 19.4 Å². The van der Waals surface area contributed by atoms with Gasteiger partial charge in [0.1, 0.15) is 27.8 Å². The van der Waals surface area contributed by atoms with E-state index in [0.717, 1.165) is 0 Å². The van der Waals surface area contributed by atoms with Gasteiger partial charge in [-0.05, 0) is 25.1 Å². The lowest BCUT2D eigenvalue weighted by Crippen LogP contribution is -2.13. The Morgan fingerprint density at radius 2 is 2.29 bits per heavy atom. The van der Waals surface area contributed by atoms with Crippen molar-refractivity contribution in [3.63, 3.8) is 0 Å². The summed E-state index contributed by atoms with van der Waals surface area (Å²) >= 11 is 7.21. The van der Waals surface area contributed by atoms with Crippen LogP contribution in [0.3, 0.4) is 0 Å². The number of esters is 1. The quantitative estimate of drug-likeness (QED) is 0.857. The van der Waals surface area contributed by atoms with Crippen LogP contribution in [0.4, 0.5) is 5.69 Å². The number of aliphatic hydroxyl groups excluding tert-OH is 1. The second-order valence-electron chi connectivity index (χ2n) is 4.06. The number of carbonyl (C=O) groups excluding carboxylic acids is 1. The van der Waals surface area contributed by atoms with Crippen molar-refractivity contribution in [3.8, 4) is 5.75 Å². The van der Waals surface area contributed by atoms with Crippen molar-refractivity contribution in [2.24, 2.45) is 4.99 Å². The molecule has 0 aromatic heterocycles. The highest BCUT2D eigenvalue weighted by Gasteiger charge is 2.29. The van der Waals surface area contributed by atoms with E-state index in [9.17, 15) is 9.90 Å². The normalized spacial score (nSPS) is 16.4. The summed E-state index contributed by atoms with van der Waals surface area (Å²) in [5.74, 6) is 0.204. The van der Waals surface area contributed by atoms with Gasteiger partial charge in [0.05, 0.1) is 19.5 Å². The largest absolute Gasteiger partial charge is 0.510 e. The van der Waals surface area contributed by atoms with Gasteiger partial charge in [-0.1, -0.05) is 23.4 Å². The highest BCUT2D eigenvalue weighted by Crippen LogP contribution is 2.35. The predicted molar refractivity (Wildman–Crippen MR) is 83.8 cm³/mol. The van der Waals surface area contributed by atoms with Gasteiger partial charge in [-0.2, -0.15) is 0 Å². The number of thioether (sulfide) groups is 1. The lowest BCUT2D eigenvalue weighted by Gasteiger charge is -2.07. The second kappa shape index (κ2) is 6.87. The van der Waals surface area contributed by atoms with Crippen LogP contribution >= 0.6 is 23.4 Å². The molecule has 1 aromatic carbocycles. The first kappa shape index (κ1) is 15.7. The highest BCUT2D eigenvalue weighted by molar-refractivity contribution is 8.15. The van der Waals surface area contributed by atoms with E-state index in [4.69, 9.17) is 21.1 Å². The molecule has 0 bridgehead atoms. The van der Waals surface area contributed by atoms with Gasteiger partial charge in [0.25, 0.3) is 0 Å². The van der Waals surface area contributed by atoms with Crippen molar-refractivity contribution in [2.45, 2.75) is 6.92 Å². The van der Waals surface area contributed by atoms with Gasteiger partial charge >= 0.3 is 5.97 Å². The van der Waals surface area contributed by atoms with Gasteiger partial charge in [0.2, 0.25) is 0 Å². The van der Waals surface area contributed by atoms with Gasteiger partial charge in [-0.15, -0.1) is 0 Å². The molecule has 0 saturated carbocycles. The Bertz CT molecular complexity index is 627. The molecule has 1 N–H and O–H groups in total. The van der Waals surface area contributed by atoms with E-state index in [0.29, 0.717) is 21.5 Å². The number of methoxy groups -OCH3 is 1. The summed E-state index contributed by atoms with van der Waals surface area (Å²) in [6, 6.07) is 5.01. The number of hydrogen-bond donors (Lipinski definition) is 1. The molecule has 0 unspecified atom stereocenters. The molecule has 0 atom stereocenters. The minimum atomic E-state index is -0.584. The van der Waals surface area contributed by atoms with Gasteiger partial charge in [-0.3, -0.25) is 0 Å². The Morgan fingerprint density at radius 1 is 1.52 bits per heavy atom. The lowest BCUT2D eigenvalue weighted by atomic mass is 10.2. The molecule has 2 rings (SSSR count). The van der Waals surface area contributed by atoms with Gasteiger partial charge in [-0.25, -0.2) is 9.79 Å². The number of carbonyl (C=O) groups is 1. The number of benzene rings is 1. The average molecular weight is 328 g/mol. The summed E-state index contributed by atoms with van der Waals surface area (Å²) in [6.07, 6.45) is 0. The molecule has 0 radical (unpaired) electrons. The molecule has 1 aliphatic rings. The maximum Gasteiger partial charge on any atom is 0.344 e. The zero-order valence-electron chi connectivity index (χ0n) is 11.6. The van der Waals surface area contributed by atoms with Crippen LogP contribution in [-0.2, 0) is 9.53 Å². The topological polar surface area (TPSA) is 68.1 Å². The van der Waals surface area contributed by atoms with Gasteiger partial charge in [0.15, 0.2) is 0 Å². The molecule has 0 amide bonds. The first-order valence-electron chi connectivity index (χ1n) is 6.21. The van der Waals surface area contributed by atoms with Gasteiger partial charge in [0, 0.05) is 5.02 Å². The van der Waals surface area contributed by atoms with Crippen molar-refractivity contribution in [3.05, 3.63) is 34.6 Å². The predicted octanol–water partition coefficient (Wildman–Crippen LogP) is 3.50. The summed E-state index contributed by atoms with van der Waals surface area (Å²) in [5, 5.41) is 10.7. The Morgan fingerprint density at radius 3 is 2.95 bits per heavy atom. The van der Waals surface area contributed by atoms with Crippen molar-refractivity contribution in [1.82, 2.24) is 0 Å². The Balaban J connectivity index is 2.41. The zero-order chi connectivity index (χ0) is 15.4. The second-order valence-corrected chi connectivity index (χ2v) is 5.46. The molecule has 1 aliphatic heterocycles. The summed E-state index contributed by atoms with van der Waals surface area (Å²) in [6.45, 7) is 1.93. The standard InChI is InChI=1S/C14H14ClNO4S/c1-3-20-14(18)12-10(17)7-21-13(12)16-9-6-8(15)4-5-11(9)19-2/h4-6,17H,3,7H2,1-2H3. The number of halogens is 1. The summed E-state index contributed by atoms with van der Waals surface area (Å²) in [4.78, 5) is 16.3. The van der Waals surface area contributed by atoms with E-state index in [-0.39, 0.29) is 23.7 Å². The Labute approximate surface area is 131 Å².